The molecule has 0 bridgehead atoms. The highest BCUT2D eigenvalue weighted by atomic mass is 32.2. The molecule has 1 aliphatic carbocycles. The lowest BCUT2D eigenvalue weighted by Crippen LogP contribution is -2.13. The van der Waals surface area contributed by atoms with Crippen molar-refractivity contribution in [3.8, 4) is 5.82 Å². The number of sulfone groups is 1. The van der Waals surface area contributed by atoms with E-state index >= 15 is 0 Å². The van der Waals surface area contributed by atoms with E-state index in [1.807, 2.05) is 24.3 Å². The molecule has 1 fully saturated rings. The Hall–Kier alpha value is -2.28. The first-order chi connectivity index (χ1) is 10.2. The molecule has 0 radical (unpaired) electrons. The summed E-state index contributed by atoms with van der Waals surface area (Å²) < 4.78 is 26.1. The van der Waals surface area contributed by atoms with E-state index in [1.165, 1.54) is 6.20 Å². The molecule has 1 saturated carbocycles. The van der Waals surface area contributed by atoms with Gasteiger partial charge in [-0.25, -0.2) is 18.1 Å². The molecular weight excluding hydrogens is 288 g/mol. The van der Waals surface area contributed by atoms with Gasteiger partial charge >= 0.3 is 0 Å². The van der Waals surface area contributed by atoms with E-state index in [0.717, 1.165) is 10.9 Å². The normalized spacial score (nSPS) is 15.4. The van der Waals surface area contributed by atoms with Gasteiger partial charge in [0.15, 0.2) is 5.82 Å². The maximum Gasteiger partial charge on any atom is 0.249 e. The molecule has 0 unspecified atom stereocenters. The first-order valence-corrected chi connectivity index (χ1v) is 8.21. The first-order valence-electron chi connectivity index (χ1n) is 6.66. The molecule has 4 rings (SSSR count). The molecule has 2 heterocycles. The van der Waals surface area contributed by atoms with Gasteiger partial charge in [0.1, 0.15) is 0 Å². The van der Waals surface area contributed by atoms with Crippen LogP contribution in [0, 0.1) is 0 Å². The van der Waals surface area contributed by atoms with Crippen LogP contribution >= 0.6 is 0 Å². The predicted octanol–water partition coefficient (Wildman–Crippen LogP) is 1.75. The molecule has 0 spiro atoms. The van der Waals surface area contributed by atoms with Crippen molar-refractivity contribution in [3.05, 3.63) is 42.7 Å². The molecule has 21 heavy (non-hydrogen) atoms. The van der Waals surface area contributed by atoms with Gasteiger partial charge in [0.05, 0.1) is 17.0 Å². The van der Waals surface area contributed by atoms with E-state index in [-0.39, 0.29) is 10.4 Å². The lowest BCUT2D eigenvalue weighted by atomic mass is 10.2. The first kappa shape index (κ1) is 12.5. The topological polar surface area (TPSA) is 77.7 Å². The maximum absolute atomic E-state index is 12.2. The average Bonchev–Trinajstić information content (AvgIpc) is 3.28. The van der Waals surface area contributed by atoms with Gasteiger partial charge in [0, 0.05) is 17.6 Å². The van der Waals surface area contributed by atoms with Crippen molar-refractivity contribution in [2.24, 2.45) is 0 Å². The van der Waals surface area contributed by atoms with Crippen LogP contribution in [0.5, 0.6) is 0 Å². The molecule has 0 aliphatic heterocycles. The van der Waals surface area contributed by atoms with E-state index in [0.29, 0.717) is 18.7 Å². The summed E-state index contributed by atoms with van der Waals surface area (Å²) in [5, 5.41) is 4.83. The van der Waals surface area contributed by atoms with Crippen molar-refractivity contribution in [1.29, 1.82) is 0 Å². The van der Waals surface area contributed by atoms with Gasteiger partial charge in [-0.1, -0.05) is 18.2 Å². The van der Waals surface area contributed by atoms with E-state index in [1.54, 1.807) is 16.9 Å². The molecule has 7 heteroatoms. The average molecular weight is 300 g/mol. The summed E-state index contributed by atoms with van der Waals surface area (Å²) in [6.45, 7) is 0. The molecule has 1 aliphatic rings. The zero-order chi connectivity index (χ0) is 14.4. The lowest BCUT2D eigenvalue weighted by Gasteiger charge is -2.05. The monoisotopic (exact) mass is 300 g/mol. The van der Waals surface area contributed by atoms with Crippen LogP contribution in [-0.4, -0.2) is 33.4 Å². The van der Waals surface area contributed by atoms with Crippen LogP contribution in [0.2, 0.25) is 0 Å². The number of aromatic nitrogens is 4. The lowest BCUT2D eigenvalue weighted by molar-refractivity contribution is 0.584. The number of nitrogens with zero attached hydrogens (tertiary/aromatic N) is 4. The Morgan fingerprint density at radius 1 is 1.14 bits per heavy atom. The van der Waals surface area contributed by atoms with Gasteiger partial charge in [-0.05, 0) is 18.9 Å². The highest BCUT2D eigenvalue weighted by Crippen LogP contribution is 2.32. The van der Waals surface area contributed by atoms with E-state index < -0.39 is 9.84 Å². The highest BCUT2D eigenvalue weighted by Gasteiger charge is 2.39. The smallest absolute Gasteiger partial charge is 0.227 e. The third-order valence-corrected chi connectivity index (χ3v) is 5.59. The Labute approximate surface area is 121 Å². The van der Waals surface area contributed by atoms with Gasteiger partial charge in [0.25, 0.3) is 0 Å². The molecule has 0 saturated heterocycles. The molecule has 1 aromatic carbocycles. The largest absolute Gasteiger partial charge is 0.249 e. The quantitative estimate of drug-likeness (QED) is 0.689. The van der Waals surface area contributed by atoms with Crippen molar-refractivity contribution in [3.63, 3.8) is 0 Å². The number of hydrogen-bond donors (Lipinski definition) is 0. The zero-order valence-corrected chi connectivity index (χ0v) is 11.9. The standard InChI is InChI=1S/C14H12N4O2S/c19-21(20,11-5-6-11)14-15-8-7-13(17-14)18-12-4-2-1-3-10(12)9-16-18/h1-4,7-9,11H,5-6H2. The fourth-order valence-corrected chi connectivity index (χ4v) is 3.75. The van der Waals surface area contributed by atoms with E-state index in [4.69, 9.17) is 0 Å². The minimum Gasteiger partial charge on any atom is -0.227 e. The third-order valence-electron chi connectivity index (χ3n) is 3.53. The molecule has 6 nitrogen and oxygen atoms in total. The molecule has 2 aromatic heterocycles. The second-order valence-corrected chi connectivity index (χ2v) is 7.18. The highest BCUT2D eigenvalue weighted by molar-refractivity contribution is 7.92. The van der Waals surface area contributed by atoms with Gasteiger partial charge in [-0.15, -0.1) is 0 Å². The summed E-state index contributed by atoms with van der Waals surface area (Å²) in [5.41, 5.74) is 0.881. The van der Waals surface area contributed by atoms with Gasteiger partial charge in [-0.3, -0.25) is 0 Å². The van der Waals surface area contributed by atoms with Gasteiger partial charge in [-0.2, -0.15) is 10.1 Å². The van der Waals surface area contributed by atoms with Gasteiger partial charge < -0.3 is 0 Å². The summed E-state index contributed by atoms with van der Waals surface area (Å²) in [5.74, 6) is 0.463. The fraction of sp³-hybridized carbons (Fsp3) is 0.214. The number of hydrogen-bond acceptors (Lipinski definition) is 5. The summed E-state index contributed by atoms with van der Waals surface area (Å²) in [4.78, 5) is 8.12. The Morgan fingerprint density at radius 3 is 2.76 bits per heavy atom. The molecule has 0 amide bonds. The van der Waals surface area contributed by atoms with Crippen molar-refractivity contribution < 1.29 is 8.42 Å². The van der Waals surface area contributed by atoms with Crippen molar-refractivity contribution >= 4 is 20.7 Å². The minimum atomic E-state index is -3.40. The summed E-state index contributed by atoms with van der Waals surface area (Å²) in [6.07, 6.45) is 4.59. The molecular formula is C14H12N4O2S. The minimum absolute atomic E-state index is 0.109. The second-order valence-electron chi connectivity index (χ2n) is 5.06. The summed E-state index contributed by atoms with van der Waals surface area (Å²) in [7, 11) is -3.40. The van der Waals surface area contributed by atoms with Crippen molar-refractivity contribution in [1.82, 2.24) is 19.7 Å². The SMILES string of the molecule is O=S(=O)(c1nccc(-n2ncc3ccccc32)n1)C1CC1. The number of para-hydroxylation sites is 1. The number of rotatable bonds is 3. The van der Waals surface area contributed by atoms with Crippen LogP contribution in [0.1, 0.15) is 12.8 Å². The number of benzene rings is 1. The number of fused-ring (bicyclic) bond motifs is 1. The van der Waals surface area contributed by atoms with Crippen molar-refractivity contribution in [2.75, 3.05) is 0 Å². The van der Waals surface area contributed by atoms with E-state index in [9.17, 15) is 8.42 Å². The molecule has 3 aromatic rings. The Balaban J connectivity index is 1.86. The molecule has 106 valence electrons. The second kappa shape index (κ2) is 4.36. The predicted molar refractivity (Wildman–Crippen MR) is 76.9 cm³/mol. The van der Waals surface area contributed by atoms with Crippen LogP contribution < -0.4 is 0 Å². The van der Waals surface area contributed by atoms with Gasteiger partial charge in [0.2, 0.25) is 15.0 Å². The van der Waals surface area contributed by atoms with Crippen molar-refractivity contribution in [2.45, 2.75) is 23.2 Å². The summed E-state index contributed by atoms with van der Waals surface area (Å²) in [6, 6.07) is 9.35. The fourth-order valence-electron chi connectivity index (χ4n) is 2.27. The molecule has 0 atom stereocenters. The van der Waals surface area contributed by atoms with Crippen LogP contribution in [-0.2, 0) is 9.84 Å². The van der Waals surface area contributed by atoms with E-state index in [2.05, 4.69) is 15.1 Å². The Bertz CT molecular complexity index is 929. The van der Waals surface area contributed by atoms with Crippen LogP contribution in [0.3, 0.4) is 0 Å². The Morgan fingerprint density at radius 2 is 1.95 bits per heavy atom. The maximum atomic E-state index is 12.2. The summed E-state index contributed by atoms with van der Waals surface area (Å²) >= 11 is 0. The van der Waals surface area contributed by atoms with Crippen LogP contribution in [0.25, 0.3) is 16.7 Å². The van der Waals surface area contributed by atoms with Crippen LogP contribution in [0.4, 0.5) is 0 Å². The zero-order valence-electron chi connectivity index (χ0n) is 11.0. The molecule has 0 N–H and O–H groups in total. The third kappa shape index (κ3) is 2.01. The Kier molecular flexibility index (Phi) is 2.58. The van der Waals surface area contributed by atoms with Crippen LogP contribution in [0.15, 0.2) is 47.9 Å².